The van der Waals surface area contributed by atoms with Crippen molar-refractivity contribution in [3.8, 4) is 0 Å². The molecule has 102 valence electrons. The topological polar surface area (TPSA) is 67.1 Å². The Hall–Kier alpha value is -2.49. The van der Waals surface area contributed by atoms with Crippen molar-refractivity contribution in [3.05, 3.63) is 47.0 Å². The van der Waals surface area contributed by atoms with Crippen LogP contribution in [0.25, 0.3) is 0 Å². The highest BCUT2D eigenvalue weighted by Gasteiger charge is 2.19. The van der Waals surface area contributed by atoms with Crippen molar-refractivity contribution in [2.75, 3.05) is 16.4 Å². The molecule has 1 aliphatic heterocycles. The molecule has 0 saturated carbocycles. The standard InChI is InChI=1S/C16H17N3O/c1-9-3-4-13(10(2)5-9)18-15-8-14-11(6-12(15)17)7-16(20)19-14/h3-6,8,18H,7,17H2,1-2H3,(H,19,20). The van der Waals surface area contributed by atoms with Crippen LogP contribution in [0.15, 0.2) is 30.3 Å². The number of anilines is 4. The molecule has 4 N–H and O–H groups in total. The molecule has 4 heteroatoms. The first kappa shape index (κ1) is 12.5. The summed E-state index contributed by atoms with van der Waals surface area (Å²) in [5.41, 5.74) is 12.7. The molecule has 0 fully saturated rings. The van der Waals surface area contributed by atoms with Crippen LogP contribution in [0, 0.1) is 13.8 Å². The number of nitrogens with two attached hydrogens (primary N) is 1. The number of amides is 1. The van der Waals surface area contributed by atoms with Crippen LogP contribution in [-0.4, -0.2) is 5.91 Å². The summed E-state index contributed by atoms with van der Waals surface area (Å²) in [6.07, 6.45) is 0.406. The van der Waals surface area contributed by atoms with E-state index in [0.29, 0.717) is 12.1 Å². The van der Waals surface area contributed by atoms with Crippen molar-refractivity contribution >= 4 is 28.7 Å². The number of hydrogen-bond acceptors (Lipinski definition) is 3. The van der Waals surface area contributed by atoms with E-state index in [0.717, 1.165) is 28.2 Å². The monoisotopic (exact) mass is 267 g/mol. The Kier molecular flexibility index (Phi) is 2.86. The second kappa shape index (κ2) is 4.56. The highest BCUT2D eigenvalue weighted by Crippen LogP contribution is 2.33. The van der Waals surface area contributed by atoms with Crippen molar-refractivity contribution in [1.82, 2.24) is 0 Å². The minimum Gasteiger partial charge on any atom is -0.397 e. The molecule has 0 spiro atoms. The molecule has 2 aromatic rings. The van der Waals surface area contributed by atoms with Gasteiger partial charge in [0, 0.05) is 11.4 Å². The third-order valence-corrected chi connectivity index (χ3v) is 3.55. The molecule has 4 nitrogen and oxygen atoms in total. The Bertz CT molecular complexity index is 707. The normalized spacial score (nSPS) is 13.0. The van der Waals surface area contributed by atoms with E-state index in [1.807, 2.05) is 18.2 Å². The fourth-order valence-electron chi connectivity index (χ4n) is 2.50. The average molecular weight is 267 g/mol. The van der Waals surface area contributed by atoms with Gasteiger partial charge in [0.25, 0.3) is 0 Å². The lowest BCUT2D eigenvalue weighted by Crippen LogP contribution is -2.03. The van der Waals surface area contributed by atoms with E-state index in [1.165, 1.54) is 5.56 Å². The predicted molar refractivity (Wildman–Crippen MR) is 82.4 cm³/mol. The molecule has 0 unspecified atom stereocenters. The largest absolute Gasteiger partial charge is 0.397 e. The van der Waals surface area contributed by atoms with E-state index in [-0.39, 0.29) is 5.91 Å². The quantitative estimate of drug-likeness (QED) is 0.732. The van der Waals surface area contributed by atoms with Gasteiger partial charge in [0.15, 0.2) is 0 Å². The Morgan fingerprint density at radius 1 is 1.15 bits per heavy atom. The highest BCUT2D eigenvalue weighted by atomic mass is 16.1. The SMILES string of the molecule is Cc1ccc(Nc2cc3c(cc2N)CC(=O)N3)c(C)c1. The zero-order valence-corrected chi connectivity index (χ0v) is 11.6. The Morgan fingerprint density at radius 2 is 1.95 bits per heavy atom. The zero-order valence-electron chi connectivity index (χ0n) is 11.6. The molecule has 20 heavy (non-hydrogen) atoms. The summed E-state index contributed by atoms with van der Waals surface area (Å²) in [5, 5.41) is 6.18. The van der Waals surface area contributed by atoms with Gasteiger partial charge in [-0.3, -0.25) is 4.79 Å². The van der Waals surface area contributed by atoms with Crippen molar-refractivity contribution in [2.24, 2.45) is 0 Å². The smallest absolute Gasteiger partial charge is 0.228 e. The lowest BCUT2D eigenvalue weighted by atomic mass is 10.1. The maximum absolute atomic E-state index is 11.4. The first-order chi connectivity index (χ1) is 9.52. The summed E-state index contributed by atoms with van der Waals surface area (Å²) in [6, 6.07) is 9.97. The van der Waals surface area contributed by atoms with E-state index in [1.54, 1.807) is 0 Å². The first-order valence-corrected chi connectivity index (χ1v) is 6.59. The number of fused-ring (bicyclic) bond motifs is 1. The summed E-state index contributed by atoms with van der Waals surface area (Å²) in [7, 11) is 0. The van der Waals surface area contributed by atoms with E-state index >= 15 is 0 Å². The van der Waals surface area contributed by atoms with Crippen LogP contribution in [0.5, 0.6) is 0 Å². The van der Waals surface area contributed by atoms with Crippen LogP contribution in [0.3, 0.4) is 0 Å². The second-order valence-electron chi connectivity index (χ2n) is 5.26. The molecule has 0 saturated heterocycles. The maximum atomic E-state index is 11.4. The molecule has 0 bridgehead atoms. The molecule has 1 amide bonds. The van der Waals surface area contributed by atoms with Crippen LogP contribution in [0.4, 0.5) is 22.7 Å². The minimum absolute atomic E-state index is 0.0167. The predicted octanol–water partition coefficient (Wildman–Crippen LogP) is 3.12. The lowest BCUT2D eigenvalue weighted by Gasteiger charge is -2.14. The van der Waals surface area contributed by atoms with Crippen molar-refractivity contribution in [3.63, 3.8) is 0 Å². The van der Waals surface area contributed by atoms with Gasteiger partial charge in [-0.25, -0.2) is 0 Å². The van der Waals surface area contributed by atoms with Crippen molar-refractivity contribution in [1.29, 1.82) is 0 Å². The molecule has 0 atom stereocenters. The summed E-state index contributed by atoms with van der Waals surface area (Å²) in [4.78, 5) is 11.4. The molecule has 0 aromatic heterocycles. The van der Waals surface area contributed by atoms with Gasteiger partial charge in [0.05, 0.1) is 17.8 Å². The van der Waals surface area contributed by atoms with Gasteiger partial charge in [-0.2, -0.15) is 0 Å². The number of aryl methyl sites for hydroxylation is 2. The third-order valence-electron chi connectivity index (χ3n) is 3.55. The van der Waals surface area contributed by atoms with Crippen LogP contribution >= 0.6 is 0 Å². The van der Waals surface area contributed by atoms with Gasteiger partial charge in [0.1, 0.15) is 0 Å². The number of carbonyl (C=O) groups excluding carboxylic acids is 1. The average Bonchev–Trinajstić information content (AvgIpc) is 2.72. The van der Waals surface area contributed by atoms with Gasteiger partial charge in [0.2, 0.25) is 5.91 Å². The second-order valence-corrected chi connectivity index (χ2v) is 5.26. The zero-order chi connectivity index (χ0) is 14.3. The van der Waals surface area contributed by atoms with Gasteiger partial charge in [-0.05, 0) is 43.2 Å². The van der Waals surface area contributed by atoms with Gasteiger partial charge in [-0.1, -0.05) is 17.7 Å². The number of nitrogen functional groups attached to an aromatic ring is 1. The molecule has 1 heterocycles. The number of hydrogen-bond donors (Lipinski definition) is 3. The third kappa shape index (κ3) is 2.20. The van der Waals surface area contributed by atoms with Crippen molar-refractivity contribution in [2.45, 2.75) is 20.3 Å². The molecule has 0 radical (unpaired) electrons. The Labute approximate surface area is 118 Å². The summed E-state index contributed by atoms with van der Waals surface area (Å²) in [5.74, 6) is 0.0167. The number of benzene rings is 2. The number of nitrogens with one attached hydrogen (secondary N) is 2. The van der Waals surface area contributed by atoms with Crippen LogP contribution < -0.4 is 16.4 Å². The lowest BCUT2D eigenvalue weighted by molar-refractivity contribution is -0.115. The Morgan fingerprint density at radius 3 is 2.70 bits per heavy atom. The van der Waals surface area contributed by atoms with Gasteiger partial charge >= 0.3 is 0 Å². The fourth-order valence-corrected chi connectivity index (χ4v) is 2.50. The minimum atomic E-state index is 0.0167. The summed E-state index contributed by atoms with van der Waals surface area (Å²) < 4.78 is 0. The van der Waals surface area contributed by atoms with Crippen LogP contribution in [0.1, 0.15) is 16.7 Å². The van der Waals surface area contributed by atoms with Gasteiger partial charge < -0.3 is 16.4 Å². The van der Waals surface area contributed by atoms with E-state index in [2.05, 4.69) is 36.6 Å². The highest BCUT2D eigenvalue weighted by molar-refractivity contribution is 6.01. The van der Waals surface area contributed by atoms with Crippen LogP contribution in [-0.2, 0) is 11.2 Å². The van der Waals surface area contributed by atoms with E-state index in [9.17, 15) is 4.79 Å². The van der Waals surface area contributed by atoms with Crippen molar-refractivity contribution < 1.29 is 4.79 Å². The molecular formula is C16H17N3O. The first-order valence-electron chi connectivity index (χ1n) is 6.59. The number of rotatable bonds is 2. The molecule has 0 aliphatic carbocycles. The molecule has 2 aromatic carbocycles. The maximum Gasteiger partial charge on any atom is 0.228 e. The van der Waals surface area contributed by atoms with E-state index in [4.69, 9.17) is 5.73 Å². The number of carbonyl (C=O) groups is 1. The summed E-state index contributed by atoms with van der Waals surface area (Å²) in [6.45, 7) is 4.12. The Balaban J connectivity index is 1.95. The van der Waals surface area contributed by atoms with Crippen LogP contribution in [0.2, 0.25) is 0 Å². The van der Waals surface area contributed by atoms with Gasteiger partial charge in [-0.15, -0.1) is 0 Å². The molecule has 3 rings (SSSR count). The molecular weight excluding hydrogens is 250 g/mol. The van der Waals surface area contributed by atoms with E-state index < -0.39 is 0 Å². The molecule has 1 aliphatic rings. The fraction of sp³-hybridized carbons (Fsp3) is 0.188. The summed E-state index contributed by atoms with van der Waals surface area (Å²) >= 11 is 0.